The fraction of sp³-hybridized carbons (Fsp3) is 0.409. The van der Waals surface area contributed by atoms with Crippen molar-refractivity contribution >= 4 is 21.6 Å². The van der Waals surface area contributed by atoms with Gasteiger partial charge in [-0.3, -0.25) is 9.10 Å². The zero-order chi connectivity index (χ0) is 23.9. The molecule has 0 spiro atoms. The monoisotopic (exact) mass is 466 g/mol. The number of nitrogens with one attached hydrogen (secondary N) is 1. The smallest absolute Gasteiger partial charge is 0.241 e. The number of methoxy groups -OCH3 is 4. The molecule has 0 saturated carbocycles. The fourth-order valence-corrected chi connectivity index (χ4v) is 4.09. The highest BCUT2D eigenvalue weighted by Crippen LogP contribution is 2.34. The normalized spacial score (nSPS) is 11.9. The lowest BCUT2D eigenvalue weighted by molar-refractivity contribution is -0.120. The molecule has 1 N–H and O–H groups in total. The molecule has 2 rings (SSSR count). The van der Waals surface area contributed by atoms with E-state index >= 15 is 0 Å². The van der Waals surface area contributed by atoms with E-state index in [9.17, 15) is 13.2 Å². The summed E-state index contributed by atoms with van der Waals surface area (Å²) in [5.74, 6) is 1.38. The third kappa shape index (κ3) is 5.97. The van der Waals surface area contributed by atoms with Crippen LogP contribution in [0.15, 0.2) is 36.4 Å². The van der Waals surface area contributed by atoms with Crippen molar-refractivity contribution in [1.82, 2.24) is 5.32 Å². The lowest BCUT2D eigenvalue weighted by Gasteiger charge is -2.26. The van der Waals surface area contributed by atoms with Crippen LogP contribution in [0.4, 0.5) is 5.69 Å². The summed E-state index contributed by atoms with van der Waals surface area (Å²) in [5.41, 5.74) is 1.02. The maximum absolute atomic E-state index is 12.9. The third-order valence-electron chi connectivity index (χ3n) is 4.90. The van der Waals surface area contributed by atoms with Crippen LogP contribution in [0.1, 0.15) is 24.9 Å². The van der Waals surface area contributed by atoms with Gasteiger partial charge >= 0.3 is 0 Å². The number of ether oxygens (including phenoxy) is 4. The van der Waals surface area contributed by atoms with Crippen molar-refractivity contribution < 1.29 is 32.2 Å². The summed E-state index contributed by atoms with van der Waals surface area (Å²) in [6.45, 7) is 1.49. The van der Waals surface area contributed by atoms with Crippen LogP contribution in [-0.2, 0) is 14.8 Å². The van der Waals surface area contributed by atoms with Crippen molar-refractivity contribution in [2.75, 3.05) is 45.5 Å². The van der Waals surface area contributed by atoms with Crippen LogP contribution in [0.5, 0.6) is 23.0 Å². The van der Waals surface area contributed by atoms with Crippen molar-refractivity contribution in [3.8, 4) is 23.0 Å². The third-order valence-corrected chi connectivity index (χ3v) is 6.02. The van der Waals surface area contributed by atoms with Gasteiger partial charge in [0.15, 0.2) is 11.5 Å². The fourth-order valence-electron chi connectivity index (χ4n) is 3.23. The topological polar surface area (TPSA) is 103 Å². The van der Waals surface area contributed by atoms with E-state index in [4.69, 9.17) is 18.9 Å². The van der Waals surface area contributed by atoms with Gasteiger partial charge in [0.1, 0.15) is 18.0 Å². The van der Waals surface area contributed by atoms with Gasteiger partial charge in [-0.05, 0) is 36.2 Å². The number of nitrogens with zero attached hydrogens (tertiary/aromatic N) is 1. The summed E-state index contributed by atoms with van der Waals surface area (Å²) in [6, 6.07) is 9.76. The summed E-state index contributed by atoms with van der Waals surface area (Å²) in [4.78, 5) is 12.9. The molecule has 0 aliphatic heterocycles. The van der Waals surface area contributed by atoms with E-state index in [0.29, 0.717) is 29.4 Å². The summed E-state index contributed by atoms with van der Waals surface area (Å²) < 4.78 is 47.2. The molecule has 1 amide bonds. The van der Waals surface area contributed by atoms with E-state index in [0.717, 1.165) is 16.1 Å². The van der Waals surface area contributed by atoms with Crippen LogP contribution in [0, 0.1) is 0 Å². The molecule has 10 heteroatoms. The van der Waals surface area contributed by atoms with Crippen LogP contribution in [0.25, 0.3) is 0 Å². The predicted molar refractivity (Wildman–Crippen MR) is 122 cm³/mol. The molecule has 1 atom stereocenters. The lowest BCUT2D eigenvalue weighted by Crippen LogP contribution is -2.41. The number of anilines is 1. The van der Waals surface area contributed by atoms with Gasteiger partial charge in [-0.15, -0.1) is 0 Å². The Hall–Kier alpha value is -3.14. The van der Waals surface area contributed by atoms with Crippen LogP contribution >= 0.6 is 0 Å². The molecule has 176 valence electrons. The Kier molecular flexibility index (Phi) is 8.59. The van der Waals surface area contributed by atoms with Crippen LogP contribution < -0.4 is 28.6 Å². The van der Waals surface area contributed by atoms with Crippen LogP contribution in [-0.4, -0.2) is 55.6 Å². The Morgan fingerprint density at radius 3 is 2.09 bits per heavy atom. The van der Waals surface area contributed by atoms with Gasteiger partial charge in [0.25, 0.3) is 0 Å². The number of rotatable bonds is 11. The van der Waals surface area contributed by atoms with Crippen molar-refractivity contribution in [1.29, 1.82) is 0 Å². The van der Waals surface area contributed by atoms with Gasteiger partial charge in [-0.25, -0.2) is 8.42 Å². The van der Waals surface area contributed by atoms with E-state index in [1.54, 1.807) is 31.4 Å². The minimum absolute atomic E-state index is 0.212. The number of hydrogen-bond donors (Lipinski definition) is 1. The van der Waals surface area contributed by atoms with Gasteiger partial charge in [0, 0.05) is 6.07 Å². The maximum atomic E-state index is 12.9. The highest BCUT2D eigenvalue weighted by atomic mass is 32.2. The van der Waals surface area contributed by atoms with E-state index in [2.05, 4.69) is 5.32 Å². The predicted octanol–water partition coefficient (Wildman–Crippen LogP) is 2.75. The zero-order valence-corrected chi connectivity index (χ0v) is 20.0. The Balaban J connectivity index is 2.31. The summed E-state index contributed by atoms with van der Waals surface area (Å²) in [6.07, 6.45) is 1.62. The number of carbonyl (C=O) groups is 1. The summed E-state index contributed by atoms with van der Waals surface area (Å²) in [5, 5.41) is 2.90. The first kappa shape index (κ1) is 25.1. The number of amides is 1. The van der Waals surface area contributed by atoms with Gasteiger partial charge in [-0.2, -0.15) is 0 Å². The van der Waals surface area contributed by atoms with Crippen LogP contribution in [0.3, 0.4) is 0 Å². The standard InChI is InChI=1S/C22H30N2O7S/c1-7-17(15-8-10-20(30-4)21(12-15)31-5)23-22(25)14-24(32(6,26)27)18-13-16(28-2)9-11-19(18)29-3/h8-13,17H,7,14H2,1-6H3,(H,23,25). The van der Waals surface area contributed by atoms with Crippen LogP contribution in [0.2, 0.25) is 0 Å². The minimum Gasteiger partial charge on any atom is -0.497 e. The van der Waals surface area contributed by atoms with Gasteiger partial charge < -0.3 is 24.3 Å². The molecule has 0 bridgehead atoms. The Bertz CT molecular complexity index is 1040. The molecule has 0 aliphatic rings. The Labute approximate surface area is 189 Å². The number of sulfonamides is 1. The molecule has 0 radical (unpaired) electrons. The maximum Gasteiger partial charge on any atom is 0.241 e. The van der Waals surface area contributed by atoms with Gasteiger partial charge in [0.2, 0.25) is 15.9 Å². The molecule has 32 heavy (non-hydrogen) atoms. The Morgan fingerprint density at radius 1 is 0.938 bits per heavy atom. The molecule has 1 unspecified atom stereocenters. The second-order valence-electron chi connectivity index (χ2n) is 6.95. The molecule has 0 heterocycles. The first-order valence-electron chi connectivity index (χ1n) is 9.89. The van der Waals surface area contributed by atoms with Crippen molar-refractivity contribution in [3.05, 3.63) is 42.0 Å². The molecule has 2 aromatic carbocycles. The molecule has 0 saturated heterocycles. The quantitative estimate of drug-likeness (QED) is 0.543. The summed E-state index contributed by atoms with van der Waals surface area (Å²) >= 11 is 0. The van der Waals surface area contributed by atoms with E-state index in [-0.39, 0.29) is 11.7 Å². The average Bonchev–Trinajstić information content (AvgIpc) is 2.79. The minimum atomic E-state index is -3.80. The van der Waals surface area contributed by atoms with Gasteiger partial charge in [0.05, 0.1) is 46.4 Å². The number of benzene rings is 2. The van der Waals surface area contributed by atoms with Gasteiger partial charge in [-0.1, -0.05) is 13.0 Å². The largest absolute Gasteiger partial charge is 0.497 e. The Morgan fingerprint density at radius 2 is 1.56 bits per heavy atom. The molecule has 2 aromatic rings. The molecule has 9 nitrogen and oxygen atoms in total. The van der Waals surface area contributed by atoms with Crippen molar-refractivity contribution in [3.63, 3.8) is 0 Å². The molecular weight excluding hydrogens is 436 g/mol. The highest BCUT2D eigenvalue weighted by Gasteiger charge is 2.26. The van der Waals surface area contributed by atoms with E-state index in [1.165, 1.54) is 27.4 Å². The lowest BCUT2D eigenvalue weighted by atomic mass is 10.0. The average molecular weight is 467 g/mol. The first-order valence-corrected chi connectivity index (χ1v) is 11.7. The highest BCUT2D eigenvalue weighted by molar-refractivity contribution is 7.92. The zero-order valence-electron chi connectivity index (χ0n) is 19.2. The molecule has 0 aromatic heterocycles. The van der Waals surface area contributed by atoms with E-state index in [1.807, 2.05) is 13.0 Å². The SMILES string of the molecule is CCC(NC(=O)CN(c1cc(OC)ccc1OC)S(C)(=O)=O)c1ccc(OC)c(OC)c1. The molecular formula is C22H30N2O7S. The first-order chi connectivity index (χ1) is 15.2. The second kappa shape index (κ2) is 10.9. The van der Waals surface area contributed by atoms with Crippen molar-refractivity contribution in [2.45, 2.75) is 19.4 Å². The summed E-state index contributed by atoms with van der Waals surface area (Å²) in [7, 11) is 2.18. The molecule has 0 fully saturated rings. The van der Waals surface area contributed by atoms with Crippen molar-refractivity contribution in [2.24, 2.45) is 0 Å². The second-order valence-corrected chi connectivity index (χ2v) is 8.86. The number of hydrogen-bond acceptors (Lipinski definition) is 7. The number of carbonyl (C=O) groups excluding carboxylic acids is 1. The van der Waals surface area contributed by atoms with E-state index < -0.39 is 22.5 Å². The molecule has 0 aliphatic carbocycles.